The van der Waals surface area contributed by atoms with Gasteiger partial charge in [0.15, 0.2) is 11.7 Å². The molecule has 0 saturated carbocycles. The van der Waals surface area contributed by atoms with Gasteiger partial charge in [-0.3, -0.25) is 25.1 Å². The third kappa shape index (κ3) is 6.49. The maximum Gasteiger partial charge on any atom is 0.262 e. The predicted molar refractivity (Wildman–Crippen MR) is 172 cm³/mol. The molecule has 1 aromatic heterocycles. The molecule has 47 heavy (non-hydrogen) atoms. The van der Waals surface area contributed by atoms with Gasteiger partial charge in [0.05, 0.1) is 4.90 Å². The summed E-state index contributed by atoms with van der Waals surface area (Å²) in [5.41, 5.74) is 0.472. The fourth-order valence-corrected chi connectivity index (χ4v) is 5.69. The summed E-state index contributed by atoms with van der Waals surface area (Å²) in [6, 6.07) is 27.0. The number of rotatable bonds is 3. The zero-order valence-electron chi connectivity index (χ0n) is 24.9. The first-order valence-corrected chi connectivity index (χ1v) is 15.5. The lowest BCUT2D eigenvalue weighted by Gasteiger charge is -2.27. The summed E-state index contributed by atoms with van der Waals surface area (Å²) < 4.78 is 41.5. The van der Waals surface area contributed by atoms with Crippen molar-refractivity contribution in [3.8, 4) is 23.3 Å². The Morgan fingerprint density at radius 3 is 1.83 bits per heavy atom. The first-order chi connectivity index (χ1) is 22.5. The summed E-state index contributed by atoms with van der Waals surface area (Å²) in [6.07, 6.45) is 0. The largest absolute Gasteiger partial charge is 0.439 e. The van der Waals surface area contributed by atoms with Crippen LogP contribution in [0.2, 0.25) is 0 Å². The van der Waals surface area contributed by atoms with Crippen LogP contribution < -0.4 is 14.2 Å². The van der Waals surface area contributed by atoms with E-state index in [0.717, 1.165) is 24.6 Å². The molecule has 4 aliphatic rings. The maximum atomic E-state index is 13.5. The molecular weight excluding hydrogens is 624 g/mol. The van der Waals surface area contributed by atoms with Gasteiger partial charge in [0, 0.05) is 31.0 Å². The highest BCUT2D eigenvalue weighted by Crippen LogP contribution is 2.34. The lowest BCUT2D eigenvalue weighted by molar-refractivity contribution is -0.239. The molecule has 9 rings (SSSR count). The first kappa shape index (κ1) is 30.9. The number of anilines is 1. The van der Waals surface area contributed by atoms with Crippen LogP contribution in [0.15, 0.2) is 108 Å². The molecule has 4 aliphatic heterocycles. The van der Waals surface area contributed by atoms with Gasteiger partial charge >= 0.3 is 0 Å². The van der Waals surface area contributed by atoms with Crippen LogP contribution in [0.3, 0.4) is 0 Å². The van der Waals surface area contributed by atoms with Crippen LogP contribution in [0.1, 0.15) is 25.0 Å². The van der Waals surface area contributed by atoms with Crippen molar-refractivity contribution in [1.82, 2.24) is 15.1 Å². The molecule has 236 valence electrons. The number of nitrogens with zero attached hydrogens (tertiary/aromatic N) is 3. The smallest absolute Gasteiger partial charge is 0.262 e. The van der Waals surface area contributed by atoms with Crippen LogP contribution >= 0.6 is 0 Å². The molecule has 0 aliphatic carbocycles. The van der Waals surface area contributed by atoms with E-state index < -0.39 is 33.5 Å². The van der Waals surface area contributed by atoms with E-state index in [4.69, 9.17) is 25.2 Å². The minimum Gasteiger partial charge on any atom is -0.439 e. The summed E-state index contributed by atoms with van der Waals surface area (Å²) >= 11 is 0. The zero-order valence-corrected chi connectivity index (χ0v) is 25.7. The molecule has 3 N–H and O–H groups in total. The molecule has 5 heterocycles. The van der Waals surface area contributed by atoms with Crippen LogP contribution in [-0.2, 0) is 24.6 Å². The van der Waals surface area contributed by atoms with Crippen molar-refractivity contribution in [2.24, 2.45) is 0 Å². The van der Waals surface area contributed by atoms with E-state index in [1.807, 2.05) is 24.3 Å². The van der Waals surface area contributed by atoms with Crippen molar-refractivity contribution >= 4 is 50.0 Å². The molecule has 2 amide bonds. The number of amidine groups is 2. The lowest BCUT2D eigenvalue weighted by atomic mass is 10.1. The van der Waals surface area contributed by atoms with Gasteiger partial charge in [-0.15, -0.1) is 15.1 Å². The Kier molecular flexibility index (Phi) is 8.11. The van der Waals surface area contributed by atoms with Crippen molar-refractivity contribution in [3.63, 3.8) is 0 Å². The van der Waals surface area contributed by atoms with Gasteiger partial charge in [-0.25, -0.2) is 8.42 Å². The molecule has 14 heteroatoms. The number of fused-ring (bicyclic) bond motifs is 1. The number of sulfonamides is 1. The number of hydrogen-bond donors (Lipinski definition) is 3. The average Bonchev–Trinajstić information content (AvgIpc) is 3.05. The van der Waals surface area contributed by atoms with Crippen LogP contribution in [-0.4, -0.2) is 47.0 Å². The molecule has 0 atom stereocenters. The number of benzene rings is 4. The molecule has 0 fully saturated rings. The van der Waals surface area contributed by atoms with Crippen molar-refractivity contribution in [2.75, 3.05) is 4.72 Å². The Balaban J connectivity index is 1.41. The number of carbonyl (C=O) groups is 2. The molecular formula is C33H26N6O7S. The second-order valence-corrected chi connectivity index (χ2v) is 12.0. The van der Waals surface area contributed by atoms with E-state index in [0.29, 0.717) is 15.9 Å². The number of nitrogens with one attached hydrogen (secondary N) is 3. The fraction of sp³-hybridized carbons (Fsp3) is 0.0606. The number of aromatic nitrogens is 1. The van der Waals surface area contributed by atoms with Crippen molar-refractivity contribution in [3.05, 3.63) is 114 Å². The van der Waals surface area contributed by atoms with E-state index >= 15 is 0 Å². The van der Waals surface area contributed by atoms with Gasteiger partial charge in [0.2, 0.25) is 11.8 Å². The summed E-state index contributed by atoms with van der Waals surface area (Å²) in [4.78, 5) is 34.9. The van der Waals surface area contributed by atoms with Crippen molar-refractivity contribution in [2.45, 2.75) is 18.7 Å². The van der Waals surface area contributed by atoms with E-state index in [2.05, 4.69) is 9.71 Å². The van der Waals surface area contributed by atoms with Gasteiger partial charge < -0.3 is 9.47 Å². The number of hydrogen-bond acceptors (Lipinski definition) is 10. The van der Waals surface area contributed by atoms with Crippen molar-refractivity contribution in [1.29, 1.82) is 10.8 Å². The minimum atomic E-state index is -4.08. The lowest BCUT2D eigenvalue weighted by Crippen LogP contribution is -2.46. The minimum absolute atomic E-state index is 0.0287. The number of pyridine rings is 1. The number of carbonyl (C=O) groups excluding carboxylic acids is 2. The number of amides is 2. The van der Waals surface area contributed by atoms with Gasteiger partial charge in [-0.2, -0.15) is 4.98 Å². The molecule has 13 nitrogen and oxygen atoms in total. The highest BCUT2D eigenvalue weighted by molar-refractivity contribution is 7.92. The van der Waals surface area contributed by atoms with Crippen LogP contribution in [0.25, 0.3) is 10.8 Å². The second kappa shape index (κ2) is 12.3. The van der Waals surface area contributed by atoms with E-state index in [-0.39, 0.29) is 39.2 Å². The Morgan fingerprint density at radius 1 is 0.702 bits per heavy atom. The molecule has 0 spiro atoms. The van der Waals surface area contributed by atoms with Gasteiger partial charge in [-0.1, -0.05) is 30.3 Å². The third-order valence-electron chi connectivity index (χ3n) is 6.94. The maximum absolute atomic E-state index is 13.5. The quantitative estimate of drug-likeness (QED) is 0.219. The SMILES string of the molecule is CC(=O)N1ON(C(C)=O)C(=N)c2ccc(cc2)Oc2nc(ccc2NS(=O)(=O)c2ccc3ccccc3c2)Oc2ccc(cc2)C1=N. The van der Waals surface area contributed by atoms with E-state index in [1.54, 1.807) is 12.1 Å². The third-order valence-corrected chi connectivity index (χ3v) is 8.31. The fourth-order valence-electron chi connectivity index (χ4n) is 4.60. The summed E-state index contributed by atoms with van der Waals surface area (Å²) in [5, 5.41) is 20.0. The molecule has 0 radical (unpaired) electrons. The standard InChI is InChI=1S/C33H26N6O7S/c1-20(40)38-31(34)23-7-12-26(13-8-23)44-30-18-17-29(37-47(42,43)28-16-11-22-5-3-4-6-25(22)19-28)33(36-30)45-27-14-9-24(10-15-27)32(35)39(46-38)21(2)41/h3-19,34-35,37H,1-2H3. The monoisotopic (exact) mass is 650 g/mol. The average molecular weight is 651 g/mol. The van der Waals surface area contributed by atoms with Gasteiger partial charge in [-0.05, 0) is 77.5 Å². The Labute approximate surface area is 268 Å². The van der Waals surface area contributed by atoms with Gasteiger partial charge in [0.1, 0.15) is 17.2 Å². The number of ether oxygens (including phenoxy) is 2. The van der Waals surface area contributed by atoms with Crippen LogP contribution in [0, 0.1) is 10.8 Å². The number of hydroxylamine groups is 4. The predicted octanol–water partition coefficient (Wildman–Crippen LogP) is 5.83. The molecule has 0 saturated heterocycles. The van der Waals surface area contributed by atoms with Crippen LogP contribution in [0.5, 0.6) is 23.3 Å². The molecule has 5 aromatic rings. The molecule has 4 aromatic carbocycles. The van der Waals surface area contributed by atoms with Crippen molar-refractivity contribution < 1.29 is 32.4 Å². The van der Waals surface area contributed by atoms with E-state index in [1.165, 1.54) is 66.7 Å². The first-order valence-electron chi connectivity index (χ1n) is 14.0. The summed E-state index contributed by atoms with van der Waals surface area (Å²) in [7, 11) is -4.08. The highest BCUT2D eigenvalue weighted by atomic mass is 32.2. The Morgan fingerprint density at radius 2 is 1.26 bits per heavy atom. The zero-order chi connectivity index (χ0) is 33.3. The topological polar surface area (TPSA) is 175 Å². The summed E-state index contributed by atoms with van der Waals surface area (Å²) in [6.45, 7) is 2.30. The van der Waals surface area contributed by atoms with E-state index in [9.17, 15) is 18.0 Å². The van der Waals surface area contributed by atoms with Crippen LogP contribution in [0.4, 0.5) is 5.69 Å². The normalized spacial score (nSPS) is 13.5. The summed E-state index contributed by atoms with van der Waals surface area (Å²) in [5.74, 6) is -1.78. The molecule has 6 bridgehead atoms. The Bertz CT molecular complexity index is 2170. The van der Waals surface area contributed by atoms with Gasteiger partial charge in [0.25, 0.3) is 21.8 Å². The second-order valence-electron chi connectivity index (χ2n) is 10.3. The Hall–Kier alpha value is -6.12. The highest BCUT2D eigenvalue weighted by Gasteiger charge is 2.27. The molecule has 0 unspecified atom stereocenters.